The van der Waals surface area contributed by atoms with Gasteiger partial charge < -0.3 is 10.2 Å². The zero-order valence-electron chi connectivity index (χ0n) is 13.4. The van der Waals surface area contributed by atoms with Crippen LogP contribution >= 0.6 is 11.3 Å². The van der Waals surface area contributed by atoms with Crippen LogP contribution in [0.3, 0.4) is 0 Å². The maximum atomic E-state index is 12.6. The number of hydrogen-bond donors (Lipinski definition) is 2. The van der Waals surface area contributed by atoms with Crippen molar-refractivity contribution >= 4 is 33.1 Å². The molecule has 0 unspecified atom stereocenters. The first-order valence-electron chi connectivity index (χ1n) is 8.15. The van der Waals surface area contributed by atoms with Gasteiger partial charge in [0.2, 0.25) is 0 Å². The topological polar surface area (TPSA) is 91.0 Å². The van der Waals surface area contributed by atoms with Crippen molar-refractivity contribution in [3.63, 3.8) is 0 Å². The SMILES string of the molecule is O=C(NC1CCN(c2nccs2)CC1)c1n[nH]c(=O)c2ccccc12. The maximum Gasteiger partial charge on any atom is 0.272 e. The number of anilines is 1. The van der Waals surface area contributed by atoms with Crippen LogP contribution in [0.2, 0.25) is 0 Å². The standard InChI is InChI=1S/C17H17N5O2S/c23-15-13-4-2-1-3-12(13)14(20-21-15)16(24)19-11-5-8-22(9-6-11)17-18-7-10-25-17/h1-4,7,10-11H,5-6,8-9H2,(H,19,24)(H,21,23). The van der Waals surface area contributed by atoms with Gasteiger partial charge in [-0.15, -0.1) is 11.3 Å². The number of benzene rings is 1. The van der Waals surface area contributed by atoms with Crippen LogP contribution in [0.5, 0.6) is 0 Å². The number of fused-ring (bicyclic) bond motifs is 1. The number of hydrogen-bond acceptors (Lipinski definition) is 6. The summed E-state index contributed by atoms with van der Waals surface area (Å²) in [6.45, 7) is 1.72. The molecule has 1 saturated heterocycles. The van der Waals surface area contributed by atoms with Gasteiger partial charge in [0.1, 0.15) is 0 Å². The average molecular weight is 355 g/mol. The molecule has 0 spiro atoms. The van der Waals surface area contributed by atoms with Gasteiger partial charge in [-0.2, -0.15) is 5.10 Å². The maximum absolute atomic E-state index is 12.6. The first-order chi connectivity index (χ1) is 12.2. The van der Waals surface area contributed by atoms with Gasteiger partial charge in [-0.25, -0.2) is 10.1 Å². The van der Waals surface area contributed by atoms with E-state index >= 15 is 0 Å². The molecule has 0 bridgehead atoms. The lowest BCUT2D eigenvalue weighted by atomic mass is 10.0. The fourth-order valence-corrected chi connectivity index (χ4v) is 3.83. The lowest BCUT2D eigenvalue weighted by molar-refractivity contribution is 0.0927. The quantitative estimate of drug-likeness (QED) is 0.747. The predicted molar refractivity (Wildman–Crippen MR) is 97.2 cm³/mol. The van der Waals surface area contributed by atoms with Crippen molar-refractivity contribution in [3.8, 4) is 0 Å². The third-order valence-electron chi connectivity index (χ3n) is 4.43. The molecule has 3 heterocycles. The molecular formula is C17H17N5O2S. The van der Waals surface area contributed by atoms with Gasteiger partial charge in [0, 0.05) is 36.1 Å². The fraction of sp³-hybridized carbons (Fsp3) is 0.294. The Morgan fingerprint density at radius 1 is 1.24 bits per heavy atom. The molecule has 0 saturated carbocycles. The number of rotatable bonds is 3. The Labute approximate surface area is 147 Å². The minimum atomic E-state index is -0.288. The first-order valence-corrected chi connectivity index (χ1v) is 9.03. The zero-order valence-corrected chi connectivity index (χ0v) is 14.3. The molecule has 2 aromatic heterocycles. The summed E-state index contributed by atoms with van der Waals surface area (Å²) in [4.78, 5) is 31.0. The Kier molecular flexibility index (Phi) is 4.19. The Balaban J connectivity index is 1.47. The summed E-state index contributed by atoms with van der Waals surface area (Å²) in [7, 11) is 0. The molecule has 3 aromatic rings. The van der Waals surface area contributed by atoms with E-state index in [-0.39, 0.29) is 23.2 Å². The molecule has 0 radical (unpaired) electrons. The third-order valence-corrected chi connectivity index (χ3v) is 5.26. The number of carbonyl (C=O) groups excluding carboxylic acids is 1. The van der Waals surface area contributed by atoms with Gasteiger partial charge in [0.25, 0.3) is 11.5 Å². The molecule has 1 amide bonds. The van der Waals surface area contributed by atoms with Crippen molar-refractivity contribution in [2.24, 2.45) is 0 Å². The molecule has 1 aliphatic heterocycles. The van der Waals surface area contributed by atoms with Crippen molar-refractivity contribution in [2.75, 3.05) is 18.0 Å². The van der Waals surface area contributed by atoms with Crippen molar-refractivity contribution in [2.45, 2.75) is 18.9 Å². The Morgan fingerprint density at radius 3 is 2.72 bits per heavy atom. The Hall–Kier alpha value is -2.74. The molecule has 1 fully saturated rings. The highest BCUT2D eigenvalue weighted by atomic mass is 32.1. The smallest absolute Gasteiger partial charge is 0.272 e. The molecule has 7 nitrogen and oxygen atoms in total. The predicted octanol–water partition coefficient (Wildman–Crippen LogP) is 1.78. The molecule has 1 aromatic carbocycles. The number of piperidine rings is 1. The van der Waals surface area contributed by atoms with Crippen molar-refractivity contribution in [1.29, 1.82) is 0 Å². The molecule has 0 aliphatic carbocycles. The number of carbonyl (C=O) groups is 1. The molecule has 8 heteroatoms. The summed E-state index contributed by atoms with van der Waals surface area (Å²) >= 11 is 1.63. The summed E-state index contributed by atoms with van der Waals surface area (Å²) in [5.41, 5.74) is -0.0264. The van der Waals surface area contributed by atoms with Gasteiger partial charge in [-0.1, -0.05) is 18.2 Å². The van der Waals surface area contributed by atoms with Crippen LogP contribution in [0.25, 0.3) is 10.8 Å². The normalized spacial score (nSPS) is 15.4. The van der Waals surface area contributed by atoms with Gasteiger partial charge in [0.15, 0.2) is 10.8 Å². The van der Waals surface area contributed by atoms with Crippen molar-refractivity contribution in [1.82, 2.24) is 20.5 Å². The summed E-state index contributed by atoms with van der Waals surface area (Å²) in [6.07, 6.45) is 3.51. The molecule has 1 aliphatic rings. The number of amides is 1. The number of H-pyrrole nitrogens is 1. The third kappa shape index (κ3) is 3.12. The van der Waals surface area contributed by atoms with Crippen molar-refractivity contribution < 1.29 is 4.79 Å². The van der Waals surface area contributed by atoms with E-state index < -0.39 is 0 Å². The lowest BCUT2D eigenvalue weighted by Crippen LogP contribution is -2.45. The number of aromatic amines is 1. The second-order valence-electron chi connectivity index (χ2n) is 6.00. The Bertz CT molecular complexity index is 945. The van der Waals surface area contributed by atoms with Crippen LogP contribution in [0.4, 0.5) is 5.13 Å². The van der Waals surface area contributed by atoms with Crippen LogP contribution in [0, 0.1) is 0 Å². The summed E-state index contributed by atoms with van der Waals surface area (Å²) < 4.78 is 0. The van der Waals surface area contributed by atoms with E-state index in [1.807, 2.05) is 5.38 Å². The van der Waals surface area contributed by atoms with E-state index in [0.29, 0.717) is 10.8 Å². The largest absolute Gasteiger partial charge is 0.348 e. The van der Waals surface area contributed by atoms with Crippen LogP contribution < -0.4 is 15.8 Å². The fourth-order valence-electron chi connectivity index (χ4n) is 3.13. The van der Waals surface area contributed by atoms with Crippen molar-refractivity contribution in [3.05, 3.63) is 51.9 Å². The van der Waals surface area contributed by atoms with E-state index in [2.05, 4.69) is 25.4 Å². The van der Waals surface area contributed by atoms with Crippen LogP contribution in [0.15, 0.2) is 40.6 Å². The highest BCUT2D eigenvalue weighted by Crippen LogP contribution is 2.22. The van der Waals surface area contributed by atoms with E-state index in [4.69, 9.17) is 0 Å². The lowest BCUT2D eigenvalue weighted by Gasteiger charge is -2.32. The molecule has 25 heavy (non-hydrogen) atoms. The van der Waals surface area contributed by atoms with Crippen LogP contribution in [0.1, 0.15) is 23.3 Å². The number of aromatic nitrogens is 3. The Morgan fingerprint density at radius 2 is 2.00 bits per heavy atom. The van der Waals surface area contributed by atoms with E-state index in [9.17, 15) is 9.59 Å². The van der Waals surface area contributed by atoms with Gasteiger partial charge >= 0.3 is 0 Å². The summed E-state index contributed by atoms with van der Waals surface area (Å²) in [5, 5.41) is 13.5. The summed E-state index contributed by atoms with van der Waals surface area (Å²) in [6, 6.07) is 7.10. The highest BCUT2D eigenvalue weighted by molar-refractivity contribution is 7.13. The molecule has 4 rings (SSSR count). The second kappa shape index (κ2) is 6.64. The summed E-state index contributed by atoms with van der Waals surface area (Å²) in [5.74, 6) is -0.250. The van der Waals surface area contributed by atoms with Gasteiger partial charge in [-0.3, -0.25) is 9.59 Å². The monoisotopic (exact) mass is 355 g/mol. The average Bonchev–Trinajstić information content (AvgIpc) is 3.17. The highest BCUT2D eigenvalue weighted by Gasteiger charge is 2.23. The number of nitrogens with one attached hydrogen (secondary N) is 2. The molecule has 2 N–H and O–H groups in total. The van der Waals surface area contributed by atoms with Gasteiger partial charge in [-0.05, 0) is 18.9 Å². The van der Waals surface area contributed by atoms with Gasteiger partial charge in [0.05, 0.1) is 5.39 Å². The molecule has 0 atom stereocenters. The zero-order chi connectivity index (χ0) is 17.2. The molecular weight excluding hydrogens is 338 g/mol. The number of thiazole rings is 1. The van der Waals surface area contributed by atoms with E-state index in [1.165, 1.54) is 0 Å². The second-order valence-corrected chi connectivity index (χ2v) is 6.87. The minimum Gasteiger partial charge on any atom is -0.348 e. The molecule has 128 valence electrons. The van der Waals surface area contributed by atoms with E-state index in [0.717, 1.165) is 31.1 Å². The van der Waals surface area contributed by atoms with Crippen LogP contribution in [-0.4, -0.2) is 40.2 Å². The first kappa shape index (κ1) is 15.8. The number of nitrogens with zero attached hydrogens (tertiary/aromatic N) is 3. The van der Waals surface area contributed by atoms with E-state index in [1.54, 1.807) is 41.8 Å². The van der Waals surface area contributed by atoms with Crippen LogP contribution in [-0.2, 0) is 0 Å². The minimum absolute atomic E-state index is 0.0937.